The summed E-state index contributed by atoms with van der Waals surface area (Å²) in [6, 6.07) is 9.66. The van der Waals surface area contributed by atoms with Gasteiger partial charge in [0, 0.05) is 11.8 Å². The summed E-state index contributed by atoms with van der Waals surface area (Å²) in [4.78, 5) is 0. The van der Waals surface area contributed by atoms with Gasteiger partial charge in [-0.25, -0.2) is 0 Å². The van der Waals surface area contributed by atoms with Crippen LogP contribution in [0.2, 0.25) is 0 Å². The highest BCUT2D eigenvalue weighted by Gasteiger charge is 2.11. The van der Waals surface area contributed by atoms with E-state index in [-0.39, 0.29) is 0 Å². The number of nitrogens with one attached hydrogen (secondary N) is 1. The first-order valence-corrected chi connectivity index (χ1v) is 8.51. The first kappa shape index (κ1) is 16.6. The lowest BCUT2D eigenvalue weighted by Gasteiger charge is -2.19. The molecule has 0 amide bonds. The van der Waals surface area contributed by atoms with E-state index < -0.39 is 0 Å². The lowest BCUT2D eigenvalue weighted by atomic mass is 10.00. The van der Waals surface area contributed by atoms with E-state index in [9.17, 15) is 0 Å². The van der Waals surface area contributed by atoms with E-state index in [0.717, 1.165) is 18.2 Å². The van der Waals surface area contributed by atoms with Crippen molar-refractivity contribution in [3.8, 4) is 0 Å². The van der Waals surface area contributed by atoms with Crippen LogP contribution in [0.5, 0.6) is 0 Å². The number of hydrogen-bond donors (Lipinski definition) is 1. The Bertz CT molecular complexity index is 343. The third-order valence-electron chi connectivity index (χ3n) is 3.07. The van der Waals surface area contributed by atoms with Gasteiger partial charge in [0.15, 0.2) is 0 Å². The molecule has 0 aromatic heterocycles. The molecular weight excluding hydrogens is 250 g/mol. The fraction of sp³-hybridized carbons (Fsp3) is 0.647. The number of rotatable bonds is 8. The highest BCUT2D eigenvalue weighted by molar-refractivity contribution is 7.99. The zero-order valence-electron chi connectivity index (χ0n) is 13.1. The van der Waals surface area contributed by atoms with E-state index in [4.69, 9.17) is 0 Å². The van der Waals surface area contributed by atoms with Gasteiger partial charge < -0.3 is 5.32 Å². The van der Waals surface area contributed by atoms with Crippen LogP contribution in [0.4, 0.5) is 0 Å². The predicted molar refractivity (Wildman–Crippen MR) is 89.0 cm³/mol. The van der Waals surface area contributed by atoms with Gasteiger partial charge in [0.05, 0.1) is 0 Å². The number of hydrogen-bond acceptors (Lipinski definition) is 2. The van der Waals surface area contributed by atoms with Gasteiger partial charge in [0.1, 0.15) is 0 Å². The van der Waals surface area contributed by atoms with Crippen LogP contribution in [0.3, 0.4) is 0 Å². The summed E-state index contributed by atoms with van der Waals surface area (Å²) >= 11 is 2.03. The molecule has 1 unspecified atom stereocenters. The quantitative estimate of drug-likeness (QED) is 0.741. The highest BCUT2D eigenvalue weighted by atomic mass is 32.2. The van der Waals surface area contributed by atoms with Crippen LogP contribution in [0.1, 0.15) is 51.8 Å². The van der Waals surface area contributed by atoms with Crippen molar-refractivity contribution < 1.29 is 0 Å². The second-order valence-electron chi connectivity index (χ2n) is 5.83. The molecule has 1 rings (SSSR count). The van der Waals surface area contributed by atoms with Crippen LogP contribution in [0.15, 0.2) is 24.3 Å². The van der Waals surface area contributed by atoms with Crippen molar-refractivity contribution in [2.75, 3.05) is 12.3 Å². The Kier molecular flexibility index (Phi) is 7.55. The van der Waals surface area contributed by atoms with Crippen LogP contribution >= 0.6 is 11.8 Å². The van der Waals surface area contributed by atoms with Crippen molar-refractivity contribution in [3.05, 3.63) is 35.4 Å². The molecule has 0 heterocycles. The van der Waals surface area contributed by atoms with E-state index >= 15 is 0 Å². The monoisotopic (exact) mass is 279 g/mol. The van der Waals surface area contributed by atoms with Gasteiger partial charge >= 0.3 is 0 Å². The summed E-state index contributed by atoms with van der Waals surface area (Å²) in [5, 5.41) is 4.29. The molecular formula is C17H29NS. The maximum atomic E-state index is 3.59. The molecule has 2 heteroatoms. The van der Waals surface area contributed by atoms with Gasteiger partial charge in [-0.15, -0.1) is 0 Å². The molecule has 1 nitrogen and oxygen atoms in total. The molecule has 0 saturated heterocycles. The maximum Gasteiger partial charge on any atom is 0.0411 e. The van der Waals surface area contributed by atoms with Crippen LogP contribution in [-0.4, -0.2) is 17.5 Å². The maximum absolute atomic E-state index is 3.59. The van der Waals surface area contributed by atoms with Gasteiger partial charge in [-0.2, -0.15) is 11.8 Å². The Morgan fingerprint density at radius 2 is 1.68 bits per heavy atom. The molecule has 0 aliphatic rings. The molecule has 0 aliphatic heterocycles. The minimum absolute atomic E-state index is 0.477. The van der Waals surface area contributed by atoms with Crippen LogP contribution in [-0.2, 0) is 6.42 Å². The molecule has 108 valence electrons. The zero-order valence-corrected chi connectivity index (χ0v) is 13.9. The highest BCUT2D eigenvalue weighted by Crippen LogP contribution is 2.22. The third-order valence-corrected chi connectivity index (χ3v) is 4.27. The summed E-state index contributed by atoms with van der Waals surface area (Å²) < 4.78 is 0. The van der Waals surface area contributed by atoms with Crippen molar-refractivity contribution in [3.63, 3.8) is 0 Å². The summed E-state index contributed by atoms with van der Waals surface area (Å²) in [7, 11) is 0. The predicted octanol–water partition coefficient (Wildman–Crippen LogP) is 4.68. The minimum Gasteiger partial charge on any atom is -0.310 e. The van der Waals surface area contributed by atoms with Crippen LogP contribution in [0, 0.1) is 5.92 Å². The molecule has 0 spiro atoms. The molecule has 1 aromatic rings. The Morgan fingerprint density at radius 3 is 2.16 bits per heavy atom. The largest absolute Gasteiger partial charge is 0.310 e. The average molecular weight is 279 g/mol. The summed E-state index contributed by atoms with van der Waals surface area (Å²) in [6.45, 7) is 12.3. The summed E-state index contributed by atoms with van der Waals surface area (Å²) in [6.07, 6.45) is 1.17. The minimum atomic E-state index is 0.477. The molecule has 0 fully saturated rings. The van der Waals surface area contributed by atoms with Crippen molar-refractivity contribution >= 4 is 11.8 Å². The van der Waals surface area contributed by atoms with E-state index in [1.54, 1.807) is 0 Å². The Morgan fingerprint density at radius 1 is 1.05 bits per heavy atom. The van der Waals surface area contributed by atoms with E-state index in [0.29, 0.717) is 11.3 Å². The molecule has 1 atom stereocenters. The molecule has 0 saturated carbocycles. The van der Waals surface area contributed by atoms with E-state index in [2.05, 4.69) is 64.2 Å². The fourth-order valence-electron chi connectivity index (χ4n) is 2.17. The summed E-state index contributed by atoms with van der Waals surface area (Å²) in [5.74, 6) is 1.88. The van der Waals surface area contributed by atoms with E-state index in [1.165, 1.54) is 17.5 Å². The molecule has 19 heavy (non-hydrogen) atoms. The Balaban J connectivity index is 2.67. The van der Waals surface area contributed by atoms with Gasteiger partial charge in [0.25, 0.3) is 0 Å². The van der Waals surface area contributed by atoms with E-state index in [1.807, 2.05) is 11.8 Å². The first-order chi connectivity index (χ1) is 9.02. The van der Waals surface area contributed by atoms with Gasteiger partial charge in [-0.05, 0) is 35.3 Å². The molecule has 0 bridgehead atoms. The number of benzene rings is 1. The summed E-state index contributed by atoms with van der Waals surface area (Å²) in [5.41, 5.74) is 2.87. The zero-order chi connectivity index (χ0) is 14.3. The normalized spacial score (nSPS) is 13.2. The standard InChI is InChI=1S/C17H29NS/c1-6-18-17(12-19-14(4)5)16-9-7-15(8-10-16)11-13(2)3/h7-10,13-14,17-18H,6,11-12H2,1-5H3. The molecule has 0 radical (unpaired) electrons. The Labute approximate surface area is 123 Å². The average Bonchev–Trinajstić information content (AvgIpc) is 2.34. The lowest BCUT2D eigenvalue weighted by molar-refractivity contribution is 0.604. The fourth-order valence-corrected chi connectivity index (χ4v) is 3.05. The third kappa shape index (κ3) is 6.49. The SMILES string of the molecule is CCNC(CSC(C)C)c1ccc(CC(C)C)cc1. The van der Waals surface area contributed by atoms with Gasteiger partial charge in [-0.3, -0.25) is 0 Å². The molecule has 1 aromatic carbocycles. The van der Waals surface area contributed by atoms with Crippen molar-refractivity contribution in [1.29, 1.82) is 0 Å². The molecule has 0 aliphatic carbocycles. The topological polar surface area (TPSA) is 12.0 Å². The smallest absolute Gasteiger partial charge is 0.0411 e. The van der Waals surface area contributed by atoms with Crippen LogP contribution < -0.4 is 5.32 Å². The van der Waals surface area contributed by atoms with Gasteiger partial charge in [0.2, 0.25) is 0 Å². The van der Waals surface area contributed by atoms with Crippen molar-refractivity contribution in [1.82, 2.24) is 5.32 Å². The second kappa shape index (κ2) is 8.65. The van der Waals surface area contributed by atoms with Crippen molar-refractivity contribution in [2.24, 2.45) is 5.92 Å². The molecule has 1 N–H and O–H groups in total. The Hall–Kier alpha value is -0.470. The second-order valence-corrected chi connectivity index (χ2v) is 7.44. The van der Waals surface area contributed by atoms with Crippen LogP contribution in [0.25, 0.3) is 0 Å². The number of thioether (sulfide) groups is 1. The van der Waals surface area contributed by atoms with Crippen molar-refractivity contribution in [2.45, 2.75) is 52.3 Å². The first-order valence-electron chi connectivity index (χ1n) is 7.46. The lowest BCUT2D eigenvalue weighted by Crippen LogP contribution is -2.23. The van der Waals surface area contributed by atoms with Gasteiger partial charge in [-0.1, -0.05) is 58.9 Å².